The number of anilines is 2. The smallest absolute Gasteiger partial charge is 0.154 e. The molecule has 5 rings (SSSR count). The van der Waals surface area contributed by atoms with E-state index >= 15 is 0 Å². The average molecular weight is 474 g/mol. The summed E-state index contributed by atoms with van der Waals surface area (Å²) in [5, 5.41) is 4.68. The van der Waals surface area contributed by atoms with E-state index in [1.165, 1.54) is 5.69 Å². The molecule has 35 heavy (non-hydrogen) atoms. The summed E-state index contributed by atoms with van der Waals surface area (Å²) in [7, 11) is 4.16. The van der Waals surface area contributed by atoms with Gasteiger partial charge >= 0.3 is 0 Å². The van der Waals surface area contributed by atoms with Crippen molar-refractivity contribution in [2.45, 2.75) is 13.5 Å². The van der Waals surface area contributed by atoms with E-state index < -0.39 is 0 Å². The minimum atomic E-state index is 0.676. The zero-order valence-electron chi connectivity index (χ0n) is 20.9. The molecule has 1 saturated heterocycles. The molecule has 0 unspecified atom stereocenters. The molecule has 3 heterocycles. The molecule has 0 radical (unpaired) electrons. The lowest BCUT2D eigenvalue weighted by Crippen LogP contribution is -2.46. The molecule has 184 valence electrons. The molecule has 4 aromatic rings. The van der Waals surface area contributed by atoms with E-state index in [1.807, 2.05) is 19.1 Å². The fourth-order valence-electron chi connectivity index (χ4n) is 4.69. The van der Waals surface area contributed by atoms with Crippen LogP contribution in [0.3, 0.4) is 0 Å². The molecule has 2 N–H and O–H groups in total. The first-order valence-corrected chi connectivity index (χ1v) is 12.5. The number of para-hydroxylation sites is 3. The van der Waals surface area contributed by atoms with Gasteiger partial charge in [0.25, 0.3) is 0 Å². The van der Waals surface area contributed by atoms with E-state index in [0.717, 1.165) is 85.1 Å². The number of aromatic amines is 1. The van der Waals surface area contributed by atoms with Gasteiger partial charge in [-0.1, -0.05) is 30.3 Å². The Kier molecular flexibility index (Phi) is 7.01. The Balaban J connectivity index is 1.34. The van der Waals surface area contributed by atoms with E-state index in [2.05, 4.69) is 75.5 Å². The third kappa shape index (κ3) is 5.18. The van der Waals surface area contributed by atoms with Gasteiger partial charge in [0.1, 0.15) is 22.6 Å². The van der Waals surface area contributed by atoms with Crippen molar-refractivity contribution >= 4 is 33.4 Å². The molecule has 0 saturated carbocycles. The predicted molar refractivity (Wildman–Crippen MR) is 144 cm³/mol. The van der Waals surface area contributed by atoms with Gasteiger partial charge in [0.15, 0.2) is 5.82 Å². The molecule has 2 aromatic heterocycles. The third-order valence-corrected chi connectivity index (χ3v) is 6.49. The van der Waals surface area contributed by atoms with Gasteiger partial charge in [0.2, 0.25) is 0 Å². The third-order valence-electron chi connectivity index (χ3n) is 6.49. The van der Waals surface area contributed by atoms with Crippen LogP contribution in [0.2, 0.25) is 0 Å². The highest BCUT2D eigenvalue weighted by molar-refractivity contribution is 6.08. The molecule has 0 amide bonds. The van der Waals surface area contributed by atoms with Crippen LogP contribution in [0, 0.1) is 0 Å². The molecule has 2 aromatic carbocycles. The summed E-state index contributed by atoms with van der Waals surface area (Å²) in [6.07, 6.45) is 0. The number of hydrogen-bond donors (Lipinski definition) is 2. The number of benzene rings is 2. The molecular formula is C27H35N7O. The highest BCUT2D eigenvalue weighted by atomic mass is 16.5. The molecule has 0 aliphatic carbocycles. The molecule has 8 nitrogen and oxygen atoms in total. The van der Waals surface area contributed by atoms with Crippen molar-refractivity contribution in [3.63, 3.8) is 0 Å². The predicted octanol–water partition coefficient (Wildman–Crippen LogP) is 3.81. The lowest BCUT2D eigenvalue weighted by atomic mass is 10.2. The van der Waals surface area contributed by atoms with Crippen molar-refractivity contribution in [3.05, 3.63) is 54.4 Å². The van der Waals surface area contributed by atoms with Gasteiger partial charge in [-0.25, -0.2) is 9.97 Å². The molecule has 8 heteroatoms. The molecule has 1 fully saturated rings. The van der Waals surface area contributed by atoms with Crippen molar-refractivity contribution in [1.29, 1.82) is 0 Å². The highest BCUT2D eigenvalue weighted by Crippen LogP contribution is 2.30. The zero-order valence-corrected chi connectivity index (χ0v) is 20.9. The summed E-state index contributed by atoms with van der Waals surface area (Å²) < 4.78 is 5.85. The lowest BCUT2D eigenvalue weighted by Gasteiger charge is -2.36. The summed E-state index contributed by atoms with van der Waals surface area (Å²) in [5.41, 5.74) is 4.23. The average Bonchev–Trinajstić information content (AvgIpc) is 3.24. The molecule has 1 aliphatic heterocycles. The Hall–Kier alpha value is -3.36. The van der Waals surface area contributed by atoms with Crippen LogP contribution >= 0.6 is 0 Å². The van der Waals surface area contributed by atoms with Gasteiger partial charge < -0.3 is 24.8 Å². The van der Waals surface area contributed by atoms with Crippen molar-refractivity contribution in [3.8, 4) is 5.75 Å². The normalized spacial score (nSPS) is 14.8. The largest absolute Gasteiger partial charge is 0.492 e. The summed E-state index contributed by atoms with van der Waals surface area (Å²) in [5.74, 6) is 2.70. The number of hydrogen-bond acceptors (Lipinski definition) is 7. The van der Waals surface area contributed by atoms with Gasteiger partial charge in [-0.3, -0.25) is 4.90 Å². The Morgan fingerprint density at radius 1 is 1.00 bits per heavy atom. The van der Waals surface area contributed by atoms with E-state index in [9.17, 15) is 0 Å². The van der Waals surface area contributed by atoms with Crippen molar-refractivity contribution < 1.29 is 4.74 Å². The highest BCUT2D eigenvalue weighted by Gasteiger charge is 2.21. The maximum absolute atomic E-state index is 5.85. The van der Waals surface area contributed by atoms with Crippen molar-refractivity contribution in [2.24, 2.45) is 0 Å². The van der Waals surface area contributed by atoms with E-state index in [1.54, 1.807) is 0 Å². The SMILES string of the molecule is CCOc1ccccc1N1CCN(Cc2nc(NCCN(C)C)c3[nH]c4ccccc4c3n2)CC1. The number of likely N-dealkylation sites (N-methyl/N-ethyl adjacent to an activating group) is 1. The Bertz CT molecular complexity index is 1280. The van der Waals surface area contributed by atoms with Gasteiger partial charge in [-0.15, -0.1) is 0 Å². The standard InChI is InChI=1S/C27H35N7O/c1-4-35-23-12-8-7-11-22(23)34-17-15-33(16-18-34)19-24-30-25-20-9-5-6-10-21(20)29-26(25)27(31-24)28-13-14-32(2)3/h5-12,29H,4,13-19H2,1-3H3,(H,28,30,31). The van der Waals surface area contributed by atoms with Crippen LogP contribution in [0.15, 0.2) is 48.5 Å². The number of nitrogens with one attached hydrogen (secondary N) is 2. The summed E-state index contributed by atoms with van der Waals surface area (Å²) >= 11 is 0. The minimum Gasteiger partial charge on any atom is -0.492 e. The monoisotopic (exact) mass is 473 g/mol. The van der Waals surface area contributed by atoms with Crippen LogP contribution in [0.4, 0.5) is 11.5 Å². The van der Waals surface area contributed by atoms with Crippen LogP contribution in [-0.4, -0.2) is 84.7 Å². The second kappa shape index (κ2) is 10.5. The first-order chi connectivity index (χ1) is 17.1. The van der Waals surface area contributed by atoms with E-state index in [-0.39, 0.29) is 0 Å². The van der Waals surface area contributed by atoms with Gasteiger partial charge in [-0.05, 0) is 39.2 Å². The van der Waals surface area contributed by atoms with Gasteiger partial charge in [0, 0.05) is 50.2 Å². The number of H-pyrrole nitrogens is 1. The van der Waals surface area contributed by atoms with Gasteiger partial charge in [-0.2, -0.15) is 0 Å². The number of fused-ring (bicyclic) bond motifs is 3. The fourth-order valence-corrected chi connectivity index (χ4v) is 4.69. The maximum Gasteiger partial charge on any atom is 0.154 e. The number of ether oxygens (including phenoxy) is 1. The van der Waals surface area contributed by atoms with Crippen LogP contribution in [0.1, 0.15) is 12.7 Å². The maximum atomic E-state index is 5.85. The second-order valence-electron chi connectivity index (χ2n) is 9.28. The number of nitrogens with zero attached hydrogens (tertiary/aromatic N) is 5. The molecule has 0 bridgehead atoms. The van der Waals surface area contributed by atoms with Crippen LogP contribution in [-0.2, 0) is 6.54 Å². The Morgan fingerprint density at radius 2 is 1.77 bits per heavy atom. The summed E-state index contributed by atoms with van der Waals surface area (Å²) in [6.45, 7) is 9.02. The number of aromatic nitrogens is 3. The minimum absolute atomic E-state index is 0.676. The van der Waals surface area contributed by atoms with Crippen LogP contribution in [0.5, 0.6) is 5.75 Å². The number of piperazine rings is 1. The topological polar surface area (TPSA) is 72.6 Å². The van der Waals surface area contributed by atoms with Crippen LogP contribution in [0.25, 0.3) is 21.9 Å². The molecule has 0 atom stereocenters. The van der Waals surface area contributed by atoms with Gasteiger partial charge in [0.05, 0.1) is 18.8 Å². The van der Waals surface area contributed by atoms with Crippen molar-refractivity contribution in [2.75, 3.05) is 70.2 Å². The summed E-state index contributed by atoms with van der Waals surface area (Å²) in [6, 6.07) is 16.7. The fraction of sp³-hybridized carbons (Fsp3) is 0.407. The Morgan fingerprint density at radius 3 is 2.57 bits per heavy atom. The quantitative estimate of drug-likeness (QED) is 0.383. The van der Waals surface area contributed by atoms with E-state index in [4.69, 9.17) is 14.7 Å². The van der Waals surface area contributed by atoms with E-state index in [0.29, 0.717) is 6.61 Å². The zero-order chi connectivity index (χ0) is 24.2. The van der Waals surface area contributed by atoms with Crippen molar-refractivity contribution in [1.82, 2.24) is 24.8 Å². The first-order valence-electron chi connectivity index (χ1n) is 12.5. The molecule has 0 spiro atoms. The lowest BCUT2D eigenvalue weighted by molar-refractivity contribution is 0.243. The summed E-state index contributed by atoms with van der Waals surface area (Å²) in [4.78, 5) is 20.5. The number of rotatable bonds is 9. The second-order valence-corrected chi connectivity index (χ2v) is 9.28. The molecular weight excluding hydrogens is 438 g/mol. The molecule has 1 aliphatic rings. The first kappa shape index (κ1) is 23.4. The Labute approximate surface area is 206 Å². The van der Waals surface area contributed by atoms with Crippen LogP contribution < -0.4 is 15.0 Å².